The molecule has 0 N–H and O–H groups in total. The Labute approximate surface area is 158 Å². The third-order valence-corrected chi connectivity index (χ3v) is 4.49. The smallest absolute Gasteiger partial charge is 0.242 e. The van der Waals surface area contributed by atoms with E-state index in [2.05, 4.69) is 9.97 Å². The number of aromatic nitrogens is 2. The molecule has 2 heterocycles. The van der Waals surface area contributed by atoms with E-state index in [1.54, 1.807) is 30.5 Å². The Morgan fingerprint density at radius 2 is 1.74 bits per heavy atom. The van der Waals surface area contributed by atoms with Crippen molar-refractivity contribution in [3.8, 4) is 0 Å². The van der Waals surface area contributed by atoms with Gasteiger partial charge in [-0.15, -0.1) is 0 Å². The van der Waals surface area contributed by atoms with E-state index in [0.717, 1.165) is 17.4 Å². The van der Waals surface area contributed by atoms with Crippen LogP contribution in [0.2, 0.25) is 0 Å². The fourth-order valence-corrected chi connectivity index (χ4v) is 2.90. The molecule has 6 nitrogen and oxygen atoms in total. The monoisotopic (exact) mass is 362 g/mol. The Morgan fingerprint density at radius 1 is 1.00 bits per heavy atom. The van der Waals surface area contributed by atoms with Crippen LogP contribution < -0.4 is 4.90 Å². The normalized spacial score (nSPS) is 10.6. The topological polar surface area (TPSA) is 66.4 Å². The summed E-state index contributed by atoms with van der Waals surface area (Å²) in [5.41, 5.74) is 2.48. The van der Waals surface area contributed by atoms with E-state index in [1.807, 2.05) is 42.5 Å². The highest BCUT2D eigenvalue weighted by Gasteiger charge is 2.20. The summed E-state index contributed by atoms with van der Waals surface area (Å²) >= 11 is 0. The van der Waals surface area contributed by atoms with Crippen molar-refractivity contribution < 1.29 is 9.59 Å². The van der Waals surface area contributed by atoms with Crippen molar-refractivity contribution in [1.29, 1.82) is 0 Å². The molecule has 0 atom stereocenters. The number of benzene rings is 1. The number of carbonyl (C=O) groups excluding carboxylic acids is 2. The SMILES string of the molecule is CC(=O)N(CC(=O)N(C)CCc1ccncc1)c1cccc2cccnc12. The molecule has 138 valence electrons. The summed E-state index contributed by atoms with van der Waals surface area (Å²) in [6.07, 6.45) is 5.90. The molecule has 6 heteroatoms. The highest BCUT2D eigenvalue weighted by molar-refractivity contribution is 6.04. The van der Waals surface area contributed by atoms with Crippen LogP contribution in [0.4, 0.5) is 5.69 Å². The molecular formula is C21H22N4O2. The number of amides is 2. The van der Waals surface area contributed by atoms with E-state index in [9.17, 15) is 9.59 Å². The lowest BCUT2D eigenvalue weighted by atomic mass is 10.1. The maximum absolute atomic E-state index is 12.7. The Hall–Kier alpha value is -3.28. The van der Waals surface area contributed by atoms with E-state index >= 15 is 0 Å². The van der Waals surface area contributed by atoms with Crippen LogP contribution in [-0.4, -0.2) is 46.8 Å². The Balaban J connectivity index is 1.74. The summed E-state index contributed by atoms with van der Waals surface area (Å²) in [5, 5.41) is 0.930. The van der Waals surface area contributed by atoms with Crippen LogP contribution in [0.5, 0.6) is 0 Å². The molecule has 3 aromatic rings. The first-order valence-electron chi connectivity index (χ1n) is 8.81. The number of fused-ring (bicyclic) bond motifs is 1. The number of nitrogens with zero attached hydrogens (tertiary/aromatic N) is 4. The van der Waals surface area contributed by atoms with Gasteiger partial charge in [-0.3, -0.25) is 19.6 Å². The van der Waals surface area contributed by atoms with E-state index in [0.29, 0.717) is 17.7 Å². The predicted molar refractivity (Wildman–Crippen MR) is 105 cm³/mol. The summed E-state index contributed by atoms with van der Waals surface area (Å²) < 4.78 is 0. The fourth-order valence-electron chi connectivity index (χ4n) is 2.90. The van der Waals surface area contributed by atoms with Crippen LogP contribution in [0, 0.1) is 0 Å². The molecule has 0 fully saturated rings. The molecule has 0 aliphatic heterocycles. The molecule has 2 amide bonds. The maximum Gasteiger partial charge on any atom is 0.242 e. The van der Waals surface area contributed by atoms with Crippen molar-refractivity contribution in [1.82, 2.24) is 14.9 Å². The Bertz CT molecular complexity index is 938. The standard InChI is InChI=1S/C21H22N4O2/c1-16(26)25(19-7-3-5-18-6-4-11-23-21(18)19)15-20(27)24(2)14-10-17-8-12-22-13-9-17/h3-9,11-13H,10,14-15H2,1-2H3. The van der Waals surface area contributed by atoms with Crippen LogP contribution in [0.25, 0.3) is 10.9 Å². The molecule has 0 radical (unpaired) electrons. The van der Waals surface area contributed by atoms with Crippen LogP contribution in [-0.2, 0) is 16.0 Å². The van der Waals surface area contributed by atoms with Crippen molar-refractivity contribution in [3.05, 3.63) is 66.6 Å². The second-order valence-electron chi connectivity index (χ2n) is 6.38. The number of hydrogen-bond acceptors (Lipinski definition) is 4. The minimum atomic E-state index is -0.191. The quantitative estimate of drug-likeness (QED) is 0.676. The van der Waals surface area contributed by atoms with Gasteiger partial charge in [0, 0.05) is 44.5 Å². The minimum absolute atomic E-state index is 0.0160. The second kappa shape index (κ2) is 8.40. The van der Waals surface area contributed by atoms with Gasteiger partial charge in [0.1, 0.15) is 6.54 Å². The fraction of sp³-hybridized carbons (Fsp3) is 0.238. The van der Waals surface area contributed by atoms with E-state index in [-0.39, 0.29) is 18.4 Å². The molecule has 2 aromatic heterocycles. The molecule has 27 heavy (non-hydrogen) atoms. The minimum Gasteiger partial charge on any atom is -0.344 e. The highest BCUT2D eigenvalue weighted by atomic mass is 16.2. The van der Waals surface area contributed by atoms with Gasteiger partial charge in [-0.25, -0.2) is 0 Å². The molecule has 0 bridgehead atoms. The van der Waals surface area contributed by atoms with Gasteiger partial charge in [-0.1, -0.05) is 18.2 Å². The van der Waals surface area contributed by atoms with Gasteiger partial charge in [-0.2, -0.15) is 0 Å². The average Bonchev–Trinajstić information content (AvgIpc) is 2.70. The summed E-state index contributed by atoms with van der Waals surface area (Å²) in [4.78, 5) is 36.5. The van der Waals surface area contributed by atoms with Gasteiger partial charge in [0.2, 0.25) is 11.8 Å². The van der Waals surface area contributed by atoms with Gasteiger partial charge in [0.15, 0.2) is 0 Å². The maximum atomic E-state index is 12.7. The van der Waals surface area contributed by atoms with Crippen LogP contribution in [0.3, 0.4) is 0 Å². The summed E-state index contributed by atoms with van der Waals surface area (Å²) in [5.74, 6) is -0.309. The number of hydrogen-bond donors (Lipinski definition) is 0. The predicted octanol–water partition coefficient (Wildman–Crippen LogP) is 2.68. The number of rotatable bonds is 6. The first kappa shape index (κ1) is 18.5. The number of pyridine rings is 2. The third-order valence-electron chi connectivity index (χ3n) is 4.49. The summed E-state index contributed by atoms with van der Waals surface area (Å²) in [6.45, 7) is 2.02. The summed E-state index contributed by atoms with van der Waals surface area (Å²) in [6, 6.07) is 13.3. The molecule has 0 aliphatic rings. The second-order valence-corrected chi connectivity index (χ2v) is 6.38. The summed E-state index contributed by atoms with van der Waals surface area (Å²) in [7, 11) is 1.75. The molecule has 0 aliphatic carbocycles. The number of anilines is 1. The van der Waals surface area contributed by atoms with Crippen LogP contribution in [0.15, 0.2) is 61.1 Å². The third kappa shape index (κ3) is 4.47. The number of para-hydroxylation sites is 1. The first-order valence-corrected chi connectivity index (χ1v) is 8.81. The van der Waals surface area contributed by atoms with E-state index in [1.165, 1.54) is 11.8 Å². The van der Waals surface area contributed by atoms with Crippen molar-refractivity contribution in [2.45, 2.75) is 13.3 Å². The van der Waals surface area contributed by atoms with Gasteiger partial charge in [0.05, 0.1) is 11.2 Å². The Kier molecular flexibility index (Phi) is 5.76. The van der Waals surface area contributed by atoms with Crippen molar-refractivity contribution in [2.75, 3.05) is 25.0 Å². The lowest BCUT2D eigenvalue weighted by Gasteiger charge is -2.25. The van der Waals surface area contributed by atoms with Gasteiger partial charge >= 0.3 is 0 Å². The van der Waals surface area contributed by atoms with Gasteiger partial charge in [-0.05, 0) is 36.2 Å². The molecule has 0 saturated heterocycles. The Morgan fingerprint density at radius 3 is 2.48 bits per heavy atom. The zero-order chi connectivity index (χ0) is 19.2. The van der Waals surface area contributed by atoms with E-state index in [4.69, 9.17) is 0 Å². The van der Waals surface area contributed by atoms with E-state index < -0.39 is 0 Å². The van der Waals surface area contributed by atoms with Crippen LogP contribution in [0.1, 0.15) is 12.5 Å². The average molecular weight is 362 g/mol. The molecular weight excluding hydrogens is 340 g/mol. The lowest BCUT2D eigenvalue weighted by molar-refractivity contribution is -0.130. The molecule has 0 saturated carbocycles. The number of likely N-dealkylation sites (N-methyl/N-ethyl adjacent to an activating group) is 1. The zero-order valence-electron chi connectivity index (χ0n) is 15.5. The van der Waals surface area contributed by atoms with Crippen molar-refractivity contribution >= 4 is 28.4 Å². The largest absolute Gasteiger partial charge is 0.344 e. The number of carbonyl (C=O) groups is 2. The van der Waals surface area contributed by atoms with Gasteiger partial charge < -0.3 is 9.80 Å². The van der Waals surface area contributed by atoms with Crippen molar-refractivity contribution in [2.24, 2.45) is 0 Å². The zero-order valence-corrected chi connectivity index (χ0v) is 15.5. The molecule has 1 aromatic carbocycles. The molecule has 0 unspecified atom stereocenters. The first-order chi connectivity index (χ1) is 13.1. The molecule has 0 spiro atoms. The highest BCUT2D eigenvalue weighted by Crippen LogP contribution is 2.25. The van der Waals surface area contributed by atoms with Crippen LogP contribution >= 0.6 is 0 Å². The lowest BCUT2D eigenvalue weighted by Crippen LogP contribution is -2.41. The van der Waals surface area contributed by atoms with Crippen molar-refractivity contribution in [3.63, 3.8) is 0 Å². The van der Waals surface area contributed by atoms with Gasteiger partial charge in [0.25, 0.3) is 0 Å². The molecule has 3 rings (SSSR count).